The molecular formula is C20H23ClFNO4. The molecule has 0 unspecified atom stereocenters. The third kappa shape index (κ3) is 5.82. The molecule has 0 atom stereocenters. The predicted octanol–water partition coefficient (Wildman–Crippen LogP) is 5.72. The maximum atomic E-state index is 14.4. The van der Waals surface area contributed by atoms with Crippen LogP contribution >= 0.6 is 11.6 Å². The second-order valence-electron chi connectivity index (χ2n) is 7.33. The number of carbonyl (C=O) groups is 1. The Bertz CT molecular complexity index is 847. The third-order valence-corrected chi connectivity index (χ3v) is 3.51. The summed E-state index contributed by atoms with van der Waals surface area (Å²) in [7, 11) is 0. The van der Waals surface area contributed by atoms with Crippen molar-refractivity contribution in [3.8, 4) is 17.4 Å². The fourth-order valence-corrected chi connectivity index (χ4v) is 2.36. The van der Waals surface area contributed by atoms with Crippen LogP contribution in [0.2, 0.25) is 5.02 Å². The van der Waals surface area contributed by atoms with E-state index in [1.54, 1.807) is 27.7 Å². The lowest BCUT2D eigenvalue weighted by Gasteiger charge is -2.20. The molecule has 0 saturated heterocycles. The third-order valence-electron chi connectivity index (χ3n) is 3.24. The van der Waals surface area contributed by atoms with Crippen molar-refractivity contribution >= 4 is 17.6 Å². The molecule has 1 aromatic heterocycles. The first-order chi connectivity index (χ1) is 12.5. The Morgan fingerprint density at radius 2 is 1.89 bits per heavy atom. The van der Waals surface area contributed by atoms with Crippen LogP contribution in [0.1, 0.15) is 50.5 Å². The molecule has 27 heavy (non-hydrogen) atoms. The van der Waals surface area contributed by atoms with Gasteiger partial charge in [-0.1, -0.05) is 11.6 Å². The van der Waals surface area contributed by atoms with Crippen LogP contribution in [0.3, 0.4) is 0 Å². The lowest BCUT2D eigenvalue weighted by Crippen LogP contribution is -2.24. The van der Waals surface area contributed by atoms with E-state index in [2.05, 4.69) is 4.98 Å². The SMILES string of the molecule is Cc1cc(C(=O)OC(C)(C)C)c(F)cc1Oc1cnc(OC(C)C)c(Cl)c1. The van der Waals surface area contributed by atoms with Crippen molar-refractivity contribution in [1.82, 2.24) is 4.98 Å². The van der Waals surface area contributed by atoms with E-state index in [9.17, 15) is 9.18 Å². The smallest absolute Gasteiger partial charge is 0.341 e. The van der Waals surface area contributed by atoms with Crippen LogP contribution in [0.15, 0.2) is 24.4 Å². The summed E-state index contributed by atoms with van der Waals surface area (Å²) in [6.45, 7) is 10.6. The second-order valence-corrected chi connectivity index (χ2v) is 7.73. The van der Waals surface area contributed by atoms with Gasteiger partial charge in [-0.3, -0.25) is 0 Å². The van der Waals surface area contributed by atoms with Gasteiger partial charge in [0.1, 0.15) is 27.9 Å². The molecule has 0 amide bonds. The number of nitrogens with zero attached hydrogens (tertiary/aromatic N) is 1. The van der Waals surface area contributed by atoms with Crippen molar-refractivity contribution in [2.24, 2.45) is 0 Å². The molecule has 1 heterocycles. The van der Waals surface area contributed by atoms with Gasteiger partial charge in [0.05, 0.1) is 17.9 Å². The summed E-state index contributed by atoms with van der Waals surface area (Å²) in [5, 5.41) is 0.282. The molecule has 0 spiro atoms. The van der Waals surface area contributed by atoms with Gasteiger partial charge in [-0.25, -0.2) is 14.2 Å². The summed E-state index contributed by atoms with van der Waals surface area (Å²) in [6.07, 6.45) is 1.36. The maximum Gasteiger partial charge on any atom is 0.341 e. The highest BCUT2D eigenvalue weighted by Gasteiger charge is 2.22. The van der Waals surface area contributed by atoms with Crippen molar-refractivity contribution < 1.29 is 23.4 Å². The molecule has 0 bridgehead atoms. The molecule has 0 radical (unpaired) electrons. The average Bonchev–Trinajstić information content (AvgIpc) is 2.51. The highest BCUT2D eigenvalue weighted by molar-refractivity contribution is 6.31. The fourth-order valence-electron chi connectivity index (χ4n) is 2.16. The van der Waals surface area contributed by atoms with Crippen LogP contribution in [0.25, 0.3) is 0 Å². The first-order valence-corrected chi connectivity index (χ1v) is 8.87. The van der Waals surface area contributed by atoms with Gasteiger partial charge in [0.25, 0.3) is 0 Å². The largest absolute Gasteiger partial charge is 0.474 e. The molecular weight excluding hydrogens is 373 g/mol. The van der Waals surface area contributed by atoms with Crippen molar-refractivity contribution in [3.05, 3.63) is 46.4 Å². The van der Waals surface area contributed by atoms with E-state index in [0.29, 0.717) is 17.2 Å². The molecule has 7 heteroatoms. The lowest BCUT2D eigenvalue weighted by molar-refractivity contribution is 0.00645. The molecule has 2 aromatic rings. The summed E-state index contributed by atoms with van der Waals surface area (Å²) in [4.78, 5) is 16.2. The fraction of sp³-hybridized carbons (Fsp3) is 0.400. The van der Waals surface area contributed by atoms with Crippen molar-refractivity contribution in [3.63, 3.8) is 0 Å². The Hall–Kier alpha value is -2.34. The molecule has 0 fully saturated rings. The standard InChI is InChI=1S/C20H23ClFNO4/c1-11(2)25-18-15(21)8-13(10-23-18)26-17-9-16(22)14(7-12(17)3)19(24)27-20(4,5)6/h7-11H,1-6H3. The van der Waals surface area contributed by atoms with E-state index < -0.39 is 17.4 Å². The van der Waals surface area contributed by atoms with Gasteiger partial charge in [-0.2, -0.15) is 0 Å². The first-order valence-electron chi connectivity index (χ1n) is 8.50. The van der Waals surface area contributed by atoms with E-state index in [1.165, 1.54) is 18.3 Å². The molecule has 1 aromatic carbocycles. The monoisotopic (exact) mass is 395 g/mol. The van der Waals surface area contributed by atoms with Crippen molar-refractivity contribution in [2.75, 3.05) is 0 Å². The number of ether oxygens (including phenoxy) is 3. The molecule has 0 saturated carbocycles. The number of esters is 1. The summed E-state index contributed by atoms with van der Waals surface area (Å²) in [6, 6.07) is 4.07. The normalized spacial score (nSPS) is 11.4. The van der Waals surface area contributed by atoms with E-state index in [4.69, 9.17) is 25.8 Å². The topological polar surface area (TPSA) is 57.7 Å². The molecule has 0 aliphatic rings. The Balaban J connectivity index is 2.24. The number of hydrogen-bond acceptors (Lipinski definition) is 5. The molecule has 0 aliphatic heterocycles. The summed E-state index contributed by atoms with van der Waals surface area (Å²) in [5.41, 5.74) is -0.294. The van der Waals surface area contributed by atoms with Crippen molar-refractivity contribution in [1.29, 1.82) is 0 Å². The van der Waals surface area contributed by atoms with Crippen LogP contribution in [-0.2, 0) is 4.74 Å². The van der Waals surface area contributed by atoms with Gasteiger partial charge in [0.15, 0.2) is 0 Å². The number of aryl methyl sites for hydroxylation is 1. The summed E-state index contributed by atoms with van der Waals surface area (Å²) >= 11 is 6.14. The quantitative estimate of drug-likeness (QED) is 0.606. The minimum absolute atomic E-state index is 0.0708. The number of aromatic nitrogens is 1. The zero-order valence-corrected chi connectivity index (χ0v) is 17.0. The van der Waals surface area contributed by atoms with E-state index in [-0.39, 0.29) is 22.4 Å². The Morgan fingerprint density at radius 3 is 2.44 bits per heavy atom. The van der Waals surface area contributed by atoms with Gasteiger partial charge in [0.2, 0.25) is 5.88 Å². The van der Waals surface area contributed by atoms with Gasteiger partial charge in [0, 0.05) is 12.1 Å². The molecule has 146 valence electrons. The molecule has 2 rings (SSSR count). The van der Waals surface area contributed by atoms with Gasteiger partial charge < -0.3 is 14.2 Å². The molecule has 5 nitrogen and oxygen atoms in total. The number of halogens is 2. The number of rotatable bonds is 5. The molecule has 0 aliphatic carbocycles. The first kappa shape index (κ1) is 21.0. The van der Waals surface area contributed by atoms with E-state index >= 15 is 0 Å². The van der Waals surface area contributed by atoms with Crippen LogP contribution in [0.5, 0.6) is 17.4 Å². The van der Waals surface area contributed by atoms with Crippen molar-refractivity contribution in [2.45, 2.75) is 53.2 Å². The summed E-state index contributed by atoms with van der Waals surface area (Å²) in [5.74, 6) is -0.598. The van der Waals surface area contributed by atoms with Crippen LogP contribution in [-0.4, -0.2) is 22.7 Å². The highest BCUT2D eigenvalue weighted by Crippen LogP contribution is 2.32. The molecule has 0 N–H and O–H groups in total. The van der Waals surface area contributed by atoms with Crippen LogP contribution < -0.4 is 9.47 Å². The Labute approximate surface area is 163 Å². The lowest BCUT2D eigenvalue weighted by atomic mass is 10.1. The minimum atomic E-state index is -0.733. The van der Waals surface area contributed by atoms with Gasteiger partial charge >= 0.3 is 5.97 Å². The number of hydrogen-bond donors (Lipinski definition) is 0. The zero-order valence-electron chi connectivity index (χ0n) is 16.2. The van der Waals surface area contributed by atoms with E-state index in [1.807, 2.05) is 13.8 Å². The Kier molecular flexibility index (Phi) is 6.31. The van der Waals surface area contributed by atoms with Crippen LogP contribution in [0, 0.1) is 12.7 Å². The number of carbonyl (C=O) groups excluding carboxylic acids is 1. The van der Waals surface area contributed by atoms with Gasteiger partial charge in [-0.15, -0.1) is 0 Å². The van der Waals surface area contributed by atoms with E-state index in [0.717, 1.165) is 6.07 Å². The summed E-state index contributed by atoms with van der Waals surface area (Å²) < 4.78 is 30.8. The van der Waals surface area contributed by atoms with Gasteiger partial charge in [-0.05, 0) is 53.2 Å². The maximum absolute atomic E-state index is 14.4. The minimum Gasteiger partial charge on any atom is -0.474 e. The second kappa shape index (κ2) is 8.13. The highest BCUT2D eigenvalue weighted by atomic mass is 35.5. The average molecular weight is 396 g/mol. The number of pyridine rings is 1. The van der Waals surface area contributed by atoms with Crippen LogP contribution in [0.4, 0.5) is 4.39 Å². The predicted molar refractivity (Wildman–Crippen MR) is 101 cm³/mol. The Morgan fingerprint density at radius 1 is 1.22 bits per heavy atom. The zero-order chi connectivity index (χ0) is 20.4. The number of benzene rings is 1.